The number of allylic oxidation sites excluding steroid dienone is 3. The summed E-state index contributed by atoms with van der Waals surface area (Å²) in [6.07, 6.45) is 12.3. The smallest absolute Gasteiger partial charge is 0.0286 e. The number of rotatable bonds is 3. The van der Waals surface area contributed by atoms with E-state index in [4.69, 9.17) is 0 Å². The van der Waals surface area contributed by atoms with Gasteiger partial charge in [-0.1, -0.05) is 31.1 Å². The van der Waals surface area contributed by atoms with E-state index >= 15 is 0 Å². The van der Waals surface area contributed by atoms with Crippen LogP contribution in [0, 0.1) is 5.92 Å². The average molecular weight is 164 g/mol. The van der Waals surface area contributed by atoms with Crippen LogP contribution in [0.2, 0.25) is 0 Å². The summed E-state index contributed by atoms with van der Waals surface area (Å²) in [5.74, 6) is 0.909. The minimum atomic E-state index is 0.909. The fourth-order valence-corrected chi connectivity index (χ4v) is 1.78. The standard InChI is InChI=1S/C12H20/c1-3-4-7-12-8-5-6-11(2)9-10-12/h3,10-11H,1,4-9H2,2H3. The summed E-state index contributed by atoms with van der Waals surface area (Å²) in [5, 5.41) is 0. The van der Waals surface area contributed by atoms with E-state index in [1.807, 2.05) is 6.08 Å². The zero-order valence-corrected chi connectivity index (χ0v) is 8.18. The molecule has 1 aliphatic carbocycles. The molecule has 0 aromatic rings. The Morgan fingerprint density at radius 2 is 2.50 bits per heavy atom. The highest BCUT2D eigenvalue weighted by atomic mass is 14.1. The van der Waals surface area contributed by atoms with E-state index in [9.17, 15) is 0 Å². The summed E-state index contributed by atoms with van der Waals surface area (Å²) >= 11 is 0. The second kappa shape index (κ2) is 5.18. The monoisotopic (exact) mass is 164 g/mol. The Labute approximate surface area is 76.4 Å². The SMILES string of the molecule is C=CCCC1=CCC(C)CCC1. The second-order valence-corrected chi connectivity index (χ2v) is 3.92. The van der Waals surface area contributed by atoms with Crippen molar-refractivity contribution in [3.05, 3.63) is 24.3 Å². The molecule has 0 heterocycles. The Kier molecular flexibility index (Phi) is 4.13. The number of hydrogen-bond acceptors (Lipinski definition) is 0. The molecule has 0 nitrogen and oxygen atoms in total. The zero-order valence-electron chi connectivity index (χ0n) is 8.18. The molecule has 0 N–H and O–H groups in total. The van der Waals surface area contributed by atoms with Crippen LogP contribution in [0.5, 0.6) is 0 Å². The van der Waals surface area contributed by atoms with Crippen LogP contribution in [-0.4, -0.2) is 0 Å². The lowest BCUT2D eigenvalue weighted by molar-refractivity contribution is 0.531. The van der Waals surface area contributed by atoms with Gasteiger partial charge in [0, 0.05) is 0 Å². The van der Waals surface area contributed by atoms with Crippen LogP contribution in [0.3, 0.4) is 0 Å². The molecule has 1 unspecified atom stereocenters. The molecule has 0 heteroatoms. The molecular formula is C12H20. The van der Waals surface area contributed by atoms with E-state index in [0.29, 0.717) is 0 Å². The van der Waals surface area contributed by atoms with Gasteiger partial charge in [-0.15, -0.1) is 6.58 Å². The topological polar surface area (TPSA) is 0 Å². The molecule has 0 amide bonds. The van der Waals surface area contributed by atoms with Gasteiger partial charge in [-0.25, -0.2) is 0 Å². The Bertz CT molecular complexity index is 165. The number of hydrogen-bond donors (Lipinski definition) is 0. The van der Waals surface area contributed by atoms with E-state index in [-0.39, 0.29) is 0 Å². The maximum absolute atomic E-state index is 3.76. The minimum Gasteiger partial charge on any atom is -0.103 e. The largest absolute Gasteiger partial charge is 0.103 e. The third-order valence-corrected chi connectivity index (χ3v) is 2.67. The third kappa shape index (κ3) is 3.25. The molecule has 0 aromatic heterocycles. The van der Waals surface area contributed by atoms with Crippen molar-refractivity contribution in [2.24, 2.45) is 5.92 Å². The first-order chi connectivity index (χ1) is 5.83. The lowest BCUT2D eigenvalue weighted by atomic mass is 10.0. The Morgan fingerprint density at radius 1 is 1.67 bits per heavy atom. The first kappa shape index (κ1) is 9.57. The van der Waals surface area contributed by atoms with E-state index in [0.717, 1.165) is 12.3 Å². The van der Waals surface area contributed by atoms with Crippen LogP contribution >= 0.6 is 0 Å². The van der Waals surface area contributed by atoms with Gasteiger partial charge in [-0.2, -0.15) is 0 Å². The van der Waals surface area contributed by atoms with Crippen LogP contribution in [0.1, 0.15) is 45.4 Å². The minimum absolute atomic E-state index is 0.909. The third-order valence-electron chi connectivity index (χ3n) is 2.67. The summed E-state index contributed by atoms with van der Waals surface area (Å²) in [7, 11) is 0. The van der Waals surface area contributed by atoms with Crippen molar-refractivity contribution < 1.29 is 0 Å². The summed E-state index contributed by atoms with van der Waals surface area (Å²) in [6, 6.07) is 0. The zero-order chi connectivity index (χ0) is 8.81. The summed E-state index contributed by atoms with van der Waals surface area (Å²) < 4.78 is 0. The van der Waals surface area contributed by atoms with Gasteiger partial charge < -0.3 is 0 Å². The summed E-state index contributed by atoms with van der Waals surface area (Å²) in [5.41, 5.74) is 1.67. The van der Waals surface area contributed by atoms with E-state index in [2.05, 4.69) is 19.6 Å². The molecule has 12 heavy (non-hydrogen) atoms. The summed E-state index contributed by atoms with van der Waals surface area (Å²) in [6.45, 7) is 6.11. The molecular weight excluding hydrogens is 144 g/mol. The first-order valence-electron chi connectivity index (χ1n) is 5.11. The second-order valence-electron chi connectivity index (χ2n) is 3.92. The summed E-state index contributed by atoms with van der Waals surface area (Å²) in [4.78, 5) is 0. The molecule has 0 bridgehead atoms. The Hall–Kier alpha value is -0.520. The van der Waals surface area contributed by atoms with Gasteiger partial charge in [-0.05, 0) is 38.0 Å². The fraction of sp³-hybridized carbons (Fsp3) is 0.667. The molecule has 0 saturated heterocycles. The lowest BCUT2D eigenvalue weighted by Crippen LogP contribution is -1.88. The van der Waals surface area contributed by atoms with Gasteiger partial charge in [-0.3, -0.25) is 0 Å². The molecule has 68 valence electrons. The van der Waals surface area contributed by atoms with Crippen LogP contribution in [0.25, 0.3) is 0 Å². The molecule has 0 aromatic carbocycles. The van der Waals surface area contributed by atoms with Crippen LogP contribution < -0.4 is 0 Å². The molecule has 1 rings (SSSR count). The van der Waals surface area contributed by atoms with Gasteiger partial charge in [0.05, 0.1) is 0 Å². The Balaban J connectivity index is 2.35. The van der Waals surface area contributed by atoms with Crippen LogP contribution in [0.4, 0.5) is 0 Å². The van der Waals surface area contributed by atoms with Crippen molar-refractivity contribution in [1.29, 1.82) is 0 Å². The van der Waals surface area contributed by atoms with Crippen molar-refractivity contribution in [2.45, 2.75) is 45.4 Å². The molecule has 0 saturated carbocycles. The average Bonchev–Trinajstić information content (AvgIpc) is 2.27. The van der Waals surface area contributed by atoms with Crippen molar-refractivity contribution >= 4 is 0 Å². The quantitative estimate of drug-likeness (QED) is 0.551. The normalized spacial score (nSPS) is 24.4. The van der Waals surface area contributed by atoms with Gasteiger partial charge in [0.25, 0.3) is 0 Å². The molecule has 0 spiro atoms. The van der Waals surface area contributed by atoms with Gasteiger partial charge in [0.15, 0.2) is 0 Å². The van der Waals surface area contributed by atoms with Crippen molar-refractivity contribution in [3.8, 4) is 0 Å². The lowest BCUT2D eigenvalue weighted by Gasteiger charge is -2.02. The van der Waals surface area contributed by atoms with Crippen LogP contribution in [-0.2, 0) is 0 Å². The first-order valence-corrected chi connectivity index (χ1v) is 5.11. The van der Waals surface area contributed by atoms with Gasteiger partial charge in [0.1, 0.15) is 0 Å². The van der Waals surface area contributed by atoms with Gasteiger partial charge >= 0.3 is 0 Å². The maximum atomic E-state index is 3.76. The highest BCUT2D eigenvalue weighted by molar-refractivity contribution is 5.05. The highest BCUT2D eigenvalue weighted by Gasteiger charge is 2.07. The molecule has 0 aliphatic heterocycles. The van der Waals surface area contributed by atoms with E-state index < -0.39 is 0 Å². The molecule has 0 fully saturated rings. The molecule has 1 atom stereocenters. The fourth-order valence-electron chi connectivity index (χ4n) is 1.78. The molecule has 1 aliphatic rings. The van der Waals surface area contributed by atoms with Gasteiger partial charge in [0.2, 0.25) is 0 Å². The van der Waals surface area contributed by atoms with E-state index in [1.54, 1.807) is 5.57 Å². The Morgan fingerprint density at radius 3 is 3.25 bits per heavy atom. The maximum Gasteiger partial charge on any atom is -0.0286 e. The van der Waals surface area contributed by atoms with Crippen molar-refractivity contribution in [1.82, 2.24) is 0 Å². The highest BCUT2D eigenvalue weighted by Crippen LogP contribution is 2.24. The van der Waals surface area contributed by atoms with Crippen molar-refractivity contribution in [3.63, 3.8) is 0 Å². The van der Waals surface area contributed by atoms with Crippen molar-refractivity contribution in [2.75, 3.05) is 0 Å². The van der Waals surface area contributed by atoms with E-state index in [1.165, 1.54) is 32.1 Å². The van der Waals surface area contributed by atoms with Crippen LogP contribution in [0.15, 0.2) is 24.3 Å². The molecule has 0 radical (unpaired) electrons. The predicted octanol–water partition coefficient (Wildman–Crippen LogP) is 4.09. The predicted molar refractivity (Wildman–Crippen MR) is 55.1 cm³/mol.